The number of nitrogens with zero attached hydrogens (tertiary/aromatic N) is 4. The number of benzene rings is 2. The summed E-state index contributed by atoms with van der Waals surface area (Å²) in [5.41, 5.74) is 9.96. The summed E-state index contributed by atoms with van der Waals surface area (Å²) >= 11 is 0. The van der Waals surface area contributed by atoms with Crippen LogP contribution in [0, 0.1) is 0 Å². The zero-order valence-corrected chi connectivity index (χ0v) is 26.6. The van der Waals surface area contributed by atoms with Crippen molar-refractivity contribution < 1.29 is 18.8 Å². The largest absolute Gasteiger partial charge is 0.495 e. The van der Waals surface area contributed by atoms with Gasteiger partial charge in [0, 0.05) is 35.5 Å². The van der Waals surface area contributed by atoms with Crippen molar-refractivity contribution in [1.29, 1.82) is 0 Å². The zero-order valence-electron chi connectivity index (χ0n) is 26.6. The van der Waals surface area contributed by atoms with E-state index in [2.05, 4.69) is 51.9 Å². The van der Waals surface area contributed by atoms with Crippen LogP contribution in [0.5, 0.6) is 5.75 Å². The number of carbonyl (C=O) groups is 2. The number of aromatic nitrogens is 3. The summed E-state index contributed by atoms with van der Waals surface area (Å²) in [5.74, 6) is 0.720. The van der Waals surface area contributed by atoms with Gasteiger partial charge >= 0.3 is 0 Å². The molecule has 3 heterocycles. The topological polar surface area (TPSA) is 161 Å². The van der Waals surface area contributed by atoms with Crippen LogP contribution >= 0.6 is 0 Å². The first-order valence-electron chi connectivity index (χ1n) is 15.5. The van der Waals surface area contributed by atoms with Gasteiger partial charge in [0.15, 0.2) is 11.5 Å². The van der Waals surface area contributed by atoms with Crippen LogP contribution < -0.4 is 26.4 Å². The third-order valence-electron chi connectivity index (χ3n) is 8.86. The summed E-state index contributed by atoms with van der Waals surface area (Å²) in [6.45, 7) is 6.31. The molecule has 0 unspecified atom stereocenters. The first kappa shape index (κ1) is 31.2. The summed E-state index contributed by atoms with van der Waals surface area (Å²) in [6.07, 6.45) is 4.13. The van der Waals surface area contributed by atoms with Crippen molar-refractivity contribution in [3.63, 3.8) is 0 Å². The maximum absolute atomic E-state index is 13.4. The summed E-state index contributed by atoms with van der Waals surface area (Å²) in [7, 11) is 3.64. The van der Waals surface area contributed by atoms with E-state index in [-0.39, 0.29) is 36.1 Å². The van der Waals surface area contributed by atoms with Crippen LogP contribution in [0.3, 0.4) is 0 Å². The fourth-order valence-corrected chi connectivity index (χ4v) is 6.15. The van der Waals surface area contributed by atoms with Crippen molar-refractivity contribution in [3.05, 3.63) is 82.7 Å². The molecule has 2 amide bonds. The molecule has 0 saturated carbocycles. The molecule has 12 heteroatoms. The number of nitrogens with two attached hydrogens (primary N) is 1. The highest BCUT2D eigenvalue weighted by molar-refractivity contribution is 5.96. The molecule has 0 spiro atoms. The zero-order chi connectivity index (χ0) is 32.4. The van der Waals surface area contributed by atoms with Crippen molar-refractivity contribution in [2.75, 3.05) is 39.1 Å². The van der Waals surface area contributed by atoms with Crippen molar-refractivity contribution in [2.45, 2.75) is 50.6 Å². The van der Waals surface area contributed by atoms with Crippen LogP contribution in [0.4, 0.5) is 11.6 Å². The van der Waals surface area contributed by atoms with Crippen LogP contribution in [0.15, 0.2) is 59.3 Å². The van der Waals surface area contributed by atoms with E-state index in [1.165, 1.54) is 0 Å². The number of nitrogens with one attached hydrogen (secondary N) is 3. The van der Waals surface area contributed by atoms with Crippen molar-refractivity contribution in [3.8, 4) is 17.2 Å². The van der Waals surface area contributed by atoms with Gasteiger partial charge in [-0.2, -0.15) is 0 Å². The molecule has 0 radical (unpaired) electrons. The minimum absolute atomic E-state index is 0.133. The summed E-state index contributed by atoms with van der Waals surface area (Å²) in [5, 5.41) is 13.6. The van der Waals surface area contributed by atoms with E-state index in [1.54, 1.807) is 31.5 Å². The molecule has 12 nitrogen and oxygen atoms in total. The maximum Gasteiger partial charge on any atom is 0.274 e. The van der Waals surface area contributed by atoms with Crippen molar-refractivity contribution in [1.82, 2.24) is 30.7 Å². The SMILES string of the molecule is COc1cc(C(=O)NC2CCN(C)CC2)ccc1Nc1ncc2c(n1)-c1onc(C(=O)N[C@@H](CN)c3ccccc3)c1CC2(C)C. The summed E-state index contributed by atoms with van der Waals surface area (Å²) in [6, 6.07) is 14.6. The normalized spacial score (nSPS) is 16.5. The number of hydrogen-bond donors (Lipinski definition) is 4. The third kappa shape index (κ3) is 6.31. The lowest BCUT2D eigenvalue weighted by Crippen LogP contribution is -2.43. The molecule has 6 rings (SSSR count). The summed E-state index contributed by atoms with van der Waals surface area (Å²) < 4.78 is 11.4. The number of likely N-dealkylation sites (tertiary alicyclic amines) is 1. The fraction of sp³-hybridized carbons (Fsp3) is 0.382. The molecule has 1 atom stereocenters. The molecule has 240 valence electrons. The molecule has 1 saturated heterocycles. The lowest BCUT2D eigenvalue weighted by atomic mass is 9.74. The lowest BCUT2D eigenvalue weighted by molar-refractivity contribution is 0.0912. The summed E-state index contributed by atoms with van der Waals surface area (Å²) in [4.78, 5) is 38.1. The van der Waals surface area contributed by atoms with Crippen molar-refractivity contribution in [2.24, 2.45) is 5.73 Å². The molecule has 2 aromatic heterocycles. The first-order valence-corrected chi connectivity index (χ1v) is 15.5. The molecule has 0 bridgehead atoms. The van der Waals surface area contributed by atoms with Gasteiger partial charge in [-0.1, -0.05) is 49.3 Å². The van der Waals surface area contributed by atoms with E-state index in [4.69, 9.17) is 20.0 Å². The Morgan fingerprint density at radius 2 is 1.89 bits per heavy atom. The van der Waals surface area contributed by atoms with Gasteiger partial charge in [-0.25, -0.2) is 9.97 Å². The van der Waals surface area contributed by atoms with Gasteiger partial charge in [0.1, 0.15) is 11.4 Å². The molecule has 1 aliphatic heterocycles. The van der Waals surface area contributed by atoms with Crippen LogP contribution in [-0.4, -0.2) is 71.7 Å². The van der Waals surface area contributed by atoms with Gasteiger partial charge in [-0.15, -0.1) is 0 Å². The standard InChI is InChI=1S/C34H40N8O4/c1-34(2)17-23-28(32(44)38-26(18-35)20-8-6-5-7-9-20)41-46-30(23)29-24(34)19-36-33(40-29)39-25-11-10-21(16-27(25)45-4)31(43)37-22-12-14-42(3)15-13-22/h5-11,16,19,22,26H,12-15,17-18,35H2,1-4H3,(H,37,43)(H,38,44)(H,36,39,40)/t26-/m0/s1. The second kappa shape index (κ2) is 12.9. The second-order valence-corrected chi connectivity index (χ2v) is 12.6. The predicted molar refractivity (Wildman–Crippen MR) is 174 cm³/mol. The lowest BCUT2D eigenvalue weighted by Gasteiger charge is -2.30. The Kier molecular flexibility index (Phi) is 8.74. The molecule has 46 heavy (non-hydrogen) atoms. The van der Waals surface area contributed by atoms with E-state index in [0.29, 0.717) is 46.4 Å². The van der Waals surface area contributed by atoms with Crippen LogP contribution in [0.1, 0.15) is 70.3 Å². The third-order valence-corrected chi connectivity index (χ3v) is 8.86. The monoisotopic (exact) mass is 624 g/mol. The number of ether oxygens (including phenoxy) is 1. The quantitative estimate of drug-likeness (QED) is 0.215. The highest BCUT2D eigenvalue weighted by Gasteiger charge is 2.39. The molecule has 4 aromatic rings. The van der Waals surface area contributed by atoms with E-state index >= 15 is 0 Å². The second-order valence-electron chi connectivity index (χ2n) is 12.6. The number of fused-ring (bicyclic) bond motifs is 3. The molecular formula is C34H40N8O4. The van der Waals surface area contributed by atoms with Gasteiger partial charge in [0.05, 0.1) is 18.8 Å². The number of piperidine rings is 1. The predicted octanol–water partition coefficient (Wildman–Crippen LogP) is 3.97. The van der Waals surface area contributed by atoms with E-state index in [0.717, 1.165) is 37.1 Å². The Morgan fingerprint density at radius 1 is 1.13 bits per heavy atom. The first-order chi connectivity index (χ1) is 22.2. The van der Waals surface area contributed by atoms with E-state index < -0.39 is 5.41 Å². The van der Waals surface area contributed by atoms with Crippen LogP contribution in [0.2, 0.25) is 0 Å². The number of rotatable bonds is 9. The van der Waals surface area contributed by atoms with E-state index in [9.17, 15) is 9.59 Å². The average molecular weight is 625 g/mol. The van der Waals surface area contributed by atoms with Crippen LogP contribution in [0.25, 0.3) is 11.5 Å². The molecule has 1 aliphatic carbocycles. The van der Waals surface area contributed by atoms with Gasteiger partial charge in [0.2, 0.25) is 5.95 Å². The molecule has 1 fully saturated rings. The maximum atomic E-state index is 13.4. The smallest absolute Gasteiger partial charge is 0.274 e. The van der Waals surface area contributed by atoms with Gasteiger partial charge in [-0.05, 0) is 68.6 Å². The van der Waals surface area contributed by atoms with Crippen LogP contribution in [-0.2, 0) is 11.8 Å². The number of carbonyl (C=O) groups excluding carboxylic acids is 2. The Morgan fingerprint density at radius 3 is 2.61 bits per heavy atom. The Bertz CT molecular complexity index is 1730. The Labute approximate surface area is 268 Å². The Balaban J connectivity index is 1.23. The number of amides is 2. The van der Waals surface area contributed by atoms with Gasteiger partial charge < -0.3 is 35.8 Å². The van der Waals surface area contributed by atoms with E-state index in [1.807, 2.05) is 30.3 Å². The highest BCUT2D eigenvalue weighted by Crippen LogP contribution is 2.43. The molecule has 2 aliphatic rings. The average Bonchev–Trinajstić information content (AvgIpc) is 3.48. The Hall–Kier alpha value is -4.81. The minimum Gasteiger partial charge on any atom is -0.495 e. The molecule has 5 N–H and O–H groups in total. The number of anilines is 2. The molecular weight excluding hydrogens is 584 g/mol. The van der Waals surface area contributed by atoms with Crippen molar-refractivity contribution >= 4 is 23.5 Å². The van der Waals surface area contributed by atoms with Gasteiger partial charge in [-0.3, -0.25) is 9.59 Å². The number of hydrogen-bond acceptors (Lipinski definition) is 10. The highest BCUT2D eigenvalue weighted by atomic mass is 16.5. The fourth-order valence-electron chi connectivity index (χ4n) is 6.15. The minimum atomic E-state index is -0.394. The number of methoxy groups -OCH3 is 1. The molecule has 2 aromatic carbocycles. The van der Waals surface area contributed by atoms with Gasteiger partial charge in [0.25, 0.3) is 11.8 Å².